The maximum Gasteiger partial charge on any atom is 0.132 e. The van der Waals surface area contributed by atoms with E-state index in [0.29, 0.717) is 17.4 Å². The third-order valence-corrected chi connectivity index (χ3v) is 4.07. The van der Waals surface area contributed by atoms with E-state index < -0.39 is 11.6 Å². The molecule has 0 bridgehead atoms. The topological polar surface area (TPSA) is 12.5 Å². The van der Waals surface area contributed by atoms with Gasteiger partial charge in [-0.05, 0) is 63.7 Å². The highest BCUT2D eigenvalue weighted by atomic mass is 35.5. The summed E-state index contributed by atoms with van der Waals surface area (Å²) in [5.41, 5.74) is 1.59. The second-order valence-electron chi connectivity index (χ2n) is 6.02. The number of aryl methyl sites for hydroxylation is 1. The first-order valence-electron chi connectivity index (χ1n) is 7.78. The van der Waals surface area contributed by atoms with Crippen LogP contribution in [0.25, 0.3) is 0 Å². The molecule has 5 heteroatoms. The molecule has 132 valence electrons. The molecule has 0 saturated heterocycles. The molecule has 0 aliphatic rings. The number of ether oxygens (including phenoxy) is 1. The SMILES string of the molecule is CC(CCc1ccc(OCc2ccc(F)cc2F)cc1)N(C)C.Cl. The Morgan fingerprint density at radius 2 is 1.71 bits per heavy atom. The summed E-state index contributed by atoms with van der Waals surface area (Å²) in [4.78, 5) is 2.20. The summed E-state index contributed by atoms with van der Waals surface area (Å²) in [5, 5.41) is 0. The van der Waals surface area contributed by atoms with Gasteiger partial charge in [-0.1, -0.05) is 12.1 Å². The lowest BCUT2D eigenvalue weighted by Gasteiger charge is -2.19. The Balaban J connectivity index is 0.00000288. The molecule has 2 aromatic carbocycles. The molecular formula is C19H24ClF2NO. The van der Waals surface area contributed by atoms with E-state index in [1.807, 2.05) is 24.3 Å². The predicted octanol–water partition coefficient (Wildman–Crippen LogP) is 4.85. The van der Waals surface area contributed by atoms with E-state index in [9.17, 15) is 8.78 Å². The summed E-state index contributed by atoms with van der Waals surface area (Å²) < 4.78 is 31.9. The third-order valence-electron chi connectivity index (χ3n) is 4.07. The summed E-state index contributed by atoms with van der Waals surface area (Å²) in [7, 11) is 4.16. The average molecular weight is 356 g/mol. The average Bonchev–Trinajstić information content (AvgIpc) is 2.52. The molecule has 0 amide bonds. The summed E-state index contributed by atoms with van der Waals surface area (Å²) in [6, 6.07) is 11.9. The van der Waals surface area contributed by atoms with Crippen molar-refractivity contribution in [3.8, 4) is 5.75 Å². The maximum atomic E-state index is 13.5. The lowest BCUT2D eigenvalue weighted by molar-refractivity contribution is 0.297. The van der Waals surface area contributed by atoms with Crippen LogP contribution in [0.15, 0.2) is 42.5 Å². The van der Waals surface area contributed by atoms with Gasteiger partial charge >= 0.3 is 0 Å². The number of rotatable bonds is 7. The van der Waals surface area contributed by atoms with Crippen LogP contribution in [0.5, 0.6) is 5.75 Å². The van der Waals surface area contributed by atoms with E-state index >= 15 is 0 Å². The molecule has 2 nitrogen and oxygen atoms in total. The smallest absolute Gasteiger partial charge is 0.132 e. The van der Waals surface area contributed by atoms with Crippen LogP contribution in [-0.4, -0.2) is 25.0 Å². The first kappa shape index (κ1) is 20.4. The second kappa shape index (κ2) is 9.60. The molecule has 2 rings (SSSR count). The molecule has 0 spiro atoms. The number of halogens is 3. The fourth-order valence-corrected chi connectivity index (χ4v) is 2.19. The van der Waals surface area contributed by atoms with Crippen LogP contribution in [0.2, 0.25) is 0 Å². The molecule has 0 aliphatic carbocycles. The van der Waals surface area contributed by atoms with Crippen LogP contribution in [0, 0.1) is 11.6 Å². The molecule has 0 fully saturated rings. The molecule has 0 heterocycles. The molecule has 0 N–H and O–H groups in total. The van der Waals surface area contributed by atoms with Gasteiger partial charge in [0.25, 0.3) is 0 Å². The number of nitrogens with zero attached hydrogens (tertiary/aromatic N) is 1. The van der Waals surface area contributed by atoms with Gasteiger partial charge in [-0.15, -0.1) is 12.4 Å². The van der Waals surface area contributed by atoms with E-state index in [4.69, 9.17) is 4.74 Å². The highest BCUT2D eigenvalue weighted by Crippen LogP contribution is 2.17. The van der Waals surface area contributed by atoms with Gasteiger partial charge < -0.3 is 9.64 Å². The van der Waals surface area contributed by atoms with Crippen molar-refractivity contribution in [1.29, 1.82) is 0 Å². The minimum absolute atomic E-state index is 0. The Morgan fingerprint density at radius 1 is 1.04 bits per heavy atom. The van der Waals surface area contributed by atoms with Crippen molar-refractivity contribution >= 4 is 12.4 Å². The first-order valence-corrected chi connectivity index (χ1v) is 7.78. The zero-order valence-electron chi connectivity index (χ0n) is 14.3. The highest BCUT2D eigenvalue weighted by molar-refractivity contribution is 5.85. The predicted molar refractivity (Wildman–Crippen MR) is 95.9 cm³/mol. The summed E-state index contributed by atoms with van der Waals surface area (Å²) in [6.07, 6.45) is 2.10. The van der Waals surface area contributed by atoms with Crippen molar-refractivity contribution in [3.63, 3.8) is 0 Å². The molecule has 24 heavy (non-hydrogen) atoms. The molecule has 2 aromatic rings. The van der Waals surface area contributed by atoms with E-state index in [2.05, 4.69) is 25.9 Å². The van der Waals surface area contributed by atoms with Crippen LogP contribution in [0.4, 0.5) is 8.78 Å². The lowest BCUT2D eigenvalue weighted by Crippen LogP contribution is -2.24. The first-order chi connectivity index (χ1) is 11.0. The van der Waals surface area contributed by atoms with Gasteiger partial charge in [-0.2, -0.15) is 0 Å². The van der Waals surface area contributed by atoms with Gasteiger partial charge in [0.1, 0.15) is 24.0 Å². The number of benzene rings is 2. The monoisotopic (exact) mass is 355 g/mol. The Hall–Kier alpha value is -1.65. The molecule has 1 atom stereocenters. The normalized spacial score (nSPS) is 11.9. The van der Waals surface area contributed by atoms with Gasteiger partial charge in [0.05, 0.1) is 0 Å². The van der Waals surface area contributed by atoms with Crippen LogP contribution in [-0.2, 0) is 13.0 Å². The lowest BCUT2D eigenvalue weighted by atomic mass is 10.1. The van der Waals surface area contributed by atoms with Crippen molar-refractivity contribution in [2.45, 2.75) is 32.4 Å². The van der Waals surface area contributed by atoms with Crippen molar-refractivity contribution in [2.75, 3.05) is 14.1 Å². The van der Waals surface area contributed by atoms with E-state index in [1.165, 1.54) is 17.7 Å². The summed E-state index contributed by atoms with van der Waals surface area (Å²) in [6.45, 7) is 2.29. The Labute approximate surface area is 148 Å². The fourth-order valence-electron chi connectivity index (χ4n) is 2.19. The highest BCUT2D eigenvalue weighted by Gasteiger charge is 2.06. The quantitative estimate of drug-likeness (QED) is 0.704. The van der Waals surface area contributed by atoms with Crippen molar-refractivity contribution in [1.82, 2.24) is 4.90 Å². The zero-order valence-corrected chi connectivity index (χ0v) is 15.1. The van der Waals surface area contributed by atoms with Gasteiger partial charge in [-0.3, -0.25) is 0 Å². The van der Waals surface area contributed by atoms with Crippen LogP contribution in [0.1, 0.15) is 24.5 Å². The zero-order chi connectivity index (χ0) is 16.8. The Kier molecular flexibility index (Phi) is 8.16. The minimum Gasteiger partial charge on any atom is -0.489 e. The van der Waals surface area contributed by atoms with E-state index in [0.717, 1.165) is 18.9 Å². The fraction of sp³-hybridized carbons (Fsp3) is 0.368. The largest absolute Gasteiger partial charge is 0.489 e. The van der Waals surface area contributed by atoms with Gasteiger partial charge in [0.2, 0.25) is 0 Å². The standard InChI is InChI=1S/C19H23F2NO.ClH/c1-14(22(2)3)4-5-15-6-10-18(11-7-15)23-13-16-8-9-17(20)12-19(16)21;/h6-12,14H,4-5,13H2,1-3H3;1H. The van der Waals surface area contributed by atoms with Crippen LogP contribution < -0.4 is 4.74 Å². The molecule has 1 unspecified atom stereocenters. The van der Waals surface area contributed by atoms with Crippen molar-refractivity contribution in [3.05, 3.63) is 65.2 Å². The summed E-state index contributed by atoms with van der Waals surface area (Å²) in [5.74, 6) is -0.486. The van der Waals surface area contributed by atoms with Crippen molar-refractivity contribution in [2.24, 2.45) is 0 Å². The van der Waals surface area contributed by atoms with Gasteiger partial charge in [-0.25, -0.2) is 8.78 Å². The Morgan fingerprint density at radius 3 is 2.29 bits per heavy atom. The third kappa shape index (κ3) is 6.10. The van der Waals surface area contributed by atoms with Crippen molar-refractivity contribution < 1.29 is 13.5 Å². The van der Waals surface area contributed by atoms with Gasteiger partial charge in [0.15, 0.2) is 0 Å². The molecule has 0 saturated carbocycles. The molecule has 0 aromatic heterocycles. The number of hydrogen-bond donors (Lipinski definition) is 0. The van der Waals surface area contributed by atoms with Gasteiger partial charge in [0, 0.05) is 17.7 Å². The number of hydrogen-bond acceptors (Lipinski definition) is 2. The maximum absolute atomic E-state index is 13.5. The van der Waals surface area contributed by atoms with Crippen LogP contribution in [0.3, 0.4) is 0 Å². The van der Waals surface area contributed by atoms with Crippen LogP contribution >= 0.6 is 12.4 Å². The summed E-state index contributed by atoms with van der Waals surface area (Å²) >= 11 is 0. The second-order valence-corrected chi connectivity index (χ2v) is 6.02. The molecule has 0 aliphatic heterocycles. The minimum atomic E-state index is -0.584. The molecular weight excluding hydrogens is 332 g/mol. The molecule has 0 radical (unpaired) electrons. The van der Waals surface area contributed by atoms with E-state index in [-0.39, 0.29) is 19.0 Å². The Bertz CT molecular complexity index is 632. The van der Waals surface area contributed by atoms with E-state index in [1.54, 1.807) is 0 Å².